The molecule has 0 spiro atoms. The molecule has 0 heterocycles. The molecule has 0 aromatic carbocycles. The molecule has 0 aliphatic heterocycles. The molecule has 2 heteroatoms. The average Bonchev–Trinajstić information content (AvgIpc) is 2.43. The summed E-state index contributed by atoms with van der Waals surface area (Å²) in [5.41, 5.74) is 0. The third kappa shape index (κ3) is 3.83. The molecule has 1 fully saturated rings. The highest BCUT2D eigenvalue weighted by atomic mass is 16.5. The Balaban J connectivity index is 1.77. The van der Waals surface area contributed by atoms with Crippen molar-refractivity contribution < 1.29 is 4.74 Å². The van der Waals surface area contributed by atoms with Crippen molar-refractivity contribution in [3.8, 4) is 0 Å². The van der Waals surface area contributed by atoms with E-state index in [1.165, 1.54) is 38.6 Å². The van der Waals surface area contributed by atoms with Crippen LogP contribution in [0.5, 0.6) is 0 Å². The summed E-state index contributed by atoms with van der Waals surface area (Å²) in [4.78, 5) is 2.56. The molecule has 0 aromatic rings. The maximum Gasteiger partial charge on any atom is 0.0589 e. The fraction of sp³-hybridized carbons (Fsp3) is 0.875. The molecule has 2 rings (SSSR count). The van der Waals surface area contributed by atoms with Gasteiger partial charge in [-0.2, -0.15) is 0 Å². The van der Waals surface area contributed by atoms with Crippen molar-refractivity contribution >= 4 is 0 Å². The van der Waals surface area contributed by atoms with Gasteiger partial charge in [-0.15, -0.1) is 0 Å². The lowest BCUT2D eigenvalue weighted by molar-refractivity contribution is 0.108. The van der Waals surface area contributed by atoms with Gasteiger partial charge in [-0.1, -0.05) is 19.1 Å². The molecular formula is C16H29NO. The lowest BCUT2D eigenvalue weighted by atomic mass is 9.69. The molecule has 104 valence electrons. The third-order valence-corrected chi connectivity index (χ3v) is 4.87. The van der Waals surface area contributed by atoms with Crippen molar-refractivity contribution in [3.63, 3.8) is 0 Å². The second-order valence-electron chi connectivity index (χ2n) is 6.03. The summed E-state index contributed by atoms with van der Waals surface area (Å²) in [5.74, 6) is 2.91. The maximum absolute atomic E-state index is 5.20. The standard InChI is InChI=1S/C16H29NO/c1-3-17(10-11-18-2)13-14-8-9-15-6-4-5-7-16(15)12-14/h4-5,14-16H,3,6-13H2,1-2H3. The van der Waals surface area contributed by atoms with E-state index in [1.807, 2.05) is 0 Å². The van der Waals surface area contributed by atoms with E-state index in [9.17, 15) is 0 Å². The molecule has 0 radical (unpaired) electrons. The number of likely N-dealkylation sites (N-methyl/N-ethyl adjacent to an activating group) is 1. The first-order chi connectivity index (χ1) is 8.83. The second kappa shape index (κ2) is 7.30. The summed E-state index contributed by atoms with van der Waals surface area (Å²) in [6.07, 6.45) is 11.9. The van der Waals surface area contributed by atoms with Crippen molar-refractivity contribution in [1.29, 1.82) is 0 Å². The Morgan fingerprint density at radius 1 is 1.17 bits per heavy atom. The Kier molecular flexibility index (Phi) is 5.71. The van der Waals surface area contributed by atoms with Crippen LogP contribution in [0.3, 0.4) is 0 Å². The number of allylic oxidation sites excluding steroid dienone is 2. The molecule has 0 bridgehead atoms. The first kappa shape index (κ1) is 14.1. The Labute approximate surface area is 112 Å². The smallest absolute Gasteiger partial charge is 0.0589 e. The molecule has 2 aliphatic carbocycles. The van der Waals surface area contributed by atoms with Gasteiger partial charge >= 0.3 is 0 Å². The van der Waals surface area contributed by atoms with Crippen LogP contribution in [0.1, 0.15) is 39.0 Å². The van der Waals surface area contributed by atoms with Gasteiger partial charge in [0.25, 0.3) is 0 Å². The van der Waals surface area contributed by atoms with Crippen LogP contribution in [0.2, 0.25) is 0 Å². The third-order valence-electron chi connectivity index (χ3n) is 4.87. The highest BCUT2D eigenvalue weighted by Gasteiger charge is 2.30. The zero-order chi connectivity index (χ0) is 12.8. The van der Waals surface area contributed by atoms with Gasteiger partial charge in [0.05, 0.1) is 6.61 Å². The van der Waals surface area contributed by atoms with Gasteiger partial charge in [0.15, 0.2) is 0 Å². The summed E-state index contributed by atoms with van der Waals surface area (Å²) < 4.78 is 5.20. The highest BCUT2D eigenvalue weighted by Crippen LogP contribution is 2.40. The minimum atomic E-state index is 0.870. The number of ether oxygens (including phenoxy) is 1. The Bertz CT molecular complexity index is 264. The Morgan fingerprint density at radius 2 is 1.94 bits per heavy atom. The van der Waals surface area contributed by atoms with Crippen LogP contribution in [-0.2, 0) is 4.74 Å². The molecule has 0 amide bonds. The molecule has 2 aliphatic rings. The predicted octanol–water partition coefficient (Wildman–Crippen LogP) is 3.34. The lowest BCUT2D eigenvalue weighted by Gasteiger charge is -2.39. The minimum absolute atomic E-state index is 0.870. The van der Waals surface area contributed by atoms with E-state index in [4.69, 9.17) is 4.74 Å². The topological polar surface area (TPSA) is 12.5 Å². The number of nitrogens with zero attached hydrogens (tertiary/aromatic N) is 1. The second-order valence-corrected chi connectivity index (χ2v) is 6.03. The van der Waals surface area contributed by atoms with Gasteiger partial charge in [0.1, 0.15) is 0 Å². The van der Waals surface area contributed by atoms with Crippen LogP contribution in [0.4, 0.5) is 0 Å². The number of fused-ring (bicyclic) bond motifs is 1. The highest BCUT2D eigenvalue weighted by molar-refractivity contribution is 4.97. The molecule has 0 aromatic heterocycles. The molecule has 3 atom stereocenters. The van der Waals surface area contributed by atoms with Gasteiger partial charge in [0.2, 0.25) is 0 Å². The molecule has 3 unspecified atom stereocenters. The van der Waals surface area contributed by atoms with Crippen LogP contribution in [0, 0.1) is 17.8 Å². The van der Waals surface area contributed by atoms with Gasteiger partial charge in [0, 0.05) is 20.2 Å². The van der Waals surface area contributed by atoms with Crippen LogP contribution in [0.15, 0.2) is 12.2 Å². The summed E-state index contributed by atoms with van der Waals surface area (Å²) in [5, 5.41) is 0. The molecule has 18 heavy (non-hydrogen) atoms. The number of rotatable bonds is 6. The van der Waals surface area contributed by atoms with Crippen LogP contribution in [-0.4, -0.2) is 38.3 Å². The largest absolute Gasteiger partial charge is 0.383 e. The predicted molar refractivity (Wildman–Crippen MR) is 76.7 cm³/mol. The van der Waals surface area contributed by atoms with E-state index >= 15 is 0 Å². The van der Waals surface area contributed by atoms with Gasteiger partial charge < -0.3 is 9.64 Å². The first-order valence-corrected chi connectivity index (χ1v) is 7.69. The van der Waals surface area contributed by atoms with Crippen molar-refractivity contribution in [2.24, 2.45) is 17.8 Å². The molecule has 0 N–H and O–H groups in total. The summed E-state index contributed by atoms with van der Waals surface area (Å²) in [6, 6.07) is 0. The summed E-state index contributed by atoms with van der Waals surface area (Å²) in [7, 11) is 1.80. The van der Waals surface area contributed by atoms with E-state index < -0.39 is 0 Å². The van der Waals surface area contributed by atoms with Gasteiger partial charge in [-0.05, 0) is 56.4 Å². The van der Waals surface area contributed by atoms with Crippen LogP contribution < -0.4 is 0 Å². The van der Waals surface area contributed by atoms with Gasteiger partial charge in [-0.3, -0.25) is 0 Å². The lowest BCUT2D eigenvalue weighted by Crippen LogP contribution is -2.36. The summed E-state index contributed by atoms with van der Waals surface area (Å²) in [6.45, 7) is 6.68. The molecular weight excluding hydrogens is 222 g/mol. The fourth-order valence-corrected chi connectivity index (χ4v) is 3.69. The van der Waals surface area contributed by atoms with Crippen molar-refractivity contribution in [2.75, 3.05) is 33.4 Å². The maximum atomic E-state index is 5.20. The Hall–Kier alpha value is -0.340. The molecule has 1 saturated carbocycles. The number of methoxy groups -OCH3 is 1. The van der Waals surface area contributed by atoms with Gasteiger partial charge in [-0.25, -0.2) is 0 Å². The minimum Gasteiger partial charge on any atom is -0.383 e. The SMILES string of the molecule is CCN(CCOC)CC1CCC2CC=CCC2C1. The first-order valence-electron chi connectivity index (χ1n) is 7.69. The average molecular weight is 251 g/mol. The zero-order valence-electron chi connectivity index (χ0n) is 12.1. The molecule has 2 nitrogen and oxygen atoms in total. The van der Waals surface area contributed by atoms with E-state index in [-0.39, 0.29) is 0 Å². The van der Waals surface area contributed by atoms with Crippen LogP contribution >= 0.6 is 0 Å². The molecule has 0 saturated heterocycles. The van der Waals surface area contributed by atoms with Crippen molar-refractivity contribution in [2.45, 2.75) is 39.0 Å². The number of hydrogen-bond acceptors (Lipinski definition) is 2. The Morgan fingerprint density at radius 3 is 2.67 bits per heavy atom. The summed E-state index contributed by atoms with van der Waals surface area (Å²) >= 11 is 0. The van der Waals surface area contributed by atoms with E-state index in [1.54, 1.807) is 7.11 Å². The number of hydrogen-bond donors (Lipinski definition) is 0. The van der Waals surface area contributed by atoms with E-state index in [2.05, 4.69) is 24.0 Å². The van der Waals surface area contributed by atoms with E-state index in [0.29, 0.717) is 0 Å². The normalized spacial score (nSPS) is 31.6. The van der Waals surface area contributed by atoms with Crippen molar-refractivity contribution in [1.82, 2.24) is 4.90 Å². The monoisotopic (exact) mass is 251 g/mol. The van der Waals surface area contributed by atoms with E-state index in [0.717, 1.165) is 37.5 Å². The van der Waals surface area contributed by atoms with Crippen LogP contribution in [0.25, 0.3) is 0 Å². The fourth-order valence-electron chi connectivity index (χ4n) is 3.69. The zero-order valence-corrected chi connectivity index (χ0v) is 12.1. The van der Waals surface area contributed by atoms with Crippen molar-refractivity contribution in [3.05, 3.63) is 12.2 Å². The quantitative estimate of drug-likeness (QED) is 0.671.